The van der Waals surface area contributed by atoms with Crippen molar-refractivity contribution in [1.29, 1.82) is 0 Å². The monoisotopic (exact) mass is 263 g/mol. The molecule has 0 saturated carbocycles. The molecule has 0 saturated heterocycles. The van der Waals surface area contributed by atoms with Gasteiger partial charge in [-0.05, 0) is 48.2 Å². The van der Waals surface area contributed by atoms with Gasteiger partial charge >= 0.3 is 0 Å². The molecule has 0 spiro atoms. The molecular formula is C19H21N. The van der Waals surface area contributed by atoms with E-state index in [0.717, 1.165) is 13.1 Å². The number of nitrogens with one attached hydrogen (secondary N) is 1. The van der Waals surface area contributed by atoms with Gasteiger partial charge in [-0.1, -0.05) is 55.5 Å². The molecule has 0 heterocycles. The topological polar surface area (TPSA) is 12.0 Å². The van der Waals surface area contributed by atoms with Gasteiger partial charge in [0.25, 0.3) is 0 Å². The summed E-state index contributed by atoms with van der Waals surface area (Å²) < 4.78 is 0. The van der Waals surface area contributed by atoms with E-state index in [-0.39, 0.29) is 5.41 Å². The Kier molecular flexibility index (Phi) is 2.71. The molecule has 1 nitrogen and oxygen atoms in total. The average molecular weight is 263 g/mol. The van der Waals surface area contributed by atoms with Crippen LogP contribution in [0.3, 0.4) is 0 Å². The average Bonchev–Trinajstić information content (AvgIpc) is 3.01. The molecule has 0 unspecified atom stereocenters. The highest BCUT2D eigenvalue weighted by atomic mass is 14.8. The van der Waals surface area contributed by atoms with Crippen molar-refractivity contribution < 1.29 is 0 Å². The highest BCUT2D eigenvalue weighted by Gasteiger charge is 2.51. The molecule has 0 fully saturated rings. The molecule has 2 aliphatic carbocycles. The first-order valence-corrected chi connectivity index (χ1v) is 7.76. The third-order valence-corrected chi connectivity index (χ3v) is 5.23. The van der Waals surface area contributed by atoms with Crippen LogP contribution in [0, 0.1) is 0 Å². The maximum absolute atomic E-state index is 3.51. The quantitative estimate of drug-likeness (QED) is 0.827. The van der Waals surface area contributed by atoms with Crippen LogP contribution in [-0.4, -0.2) is 13.1 Å². The first kappa shape index (κ1) is 12.2. The second kappa shape index (κ2) is 4.46. The zero-order chi connectivity index (χ0) is 13.6. The van der Waals surface area contributed by atoms with E-state index in [1.165, 1.54) is 12.8 Å². The van der Waals surface area contributed by atoms with Gasteiger partial charge in [-0.3, -0.25) is 0 Å². The number of fused-ring (bicyclic) bond motifs is 8. The minimum absolute atomic E-state index is 0.264. The Morgan fingerprint density at radius 1 is 1.00 bits per heavy atom. The molecule has 2 aromatic rings. The van der Waals surface area contributed by atoms with Crippen molar-refractivity contribution in [3.8, 4) is 0 Å². The van der Waals surface area contributed by atoms with Crippen LogP contribution in [0.4, 0.5) is 0 Å². The summed E-state index contributed by atoms with van der Waals surface area (Å²) in [7, 11) is 0. The first-order valence-electron chi connectivity index (χ1n) is 7.76. The zero-order valence-corrected chi connectivity index (χ0v) is 12.0. The van der Waals surface area contributed by atoms with Crippen molar-refractivity contribution in [2.75, 3.05) is 13.1 Å². The highest BCUT2D eigenvalue weighted by molar-refractivity contribution is 5.62. The zero-order valence-electron chi connectivity index (χ0n) is 12.0. The third-order valence-electron chi connectivity index (χ3n) is 5.23. The Balaban J connectivity index is 1.84. The number of hydrogen-bond donors (Lipinski definition) is 1. The fourth-order valence-corrected chi connectivity index (χ4v) is 4.42. The van der Waals surface area contributed by atoms with E-state index < -0.39 is 0 Å². The highest BCUT2D eigenvalue weighted by Crippen LogP contribution is 2.61. The second-order valence-electron chi connectivity index (χ2n) is 6.12. The van der Waals surface area contributed by atoms with E-state index in [4.69, 9.17) is 0 Å². The fourth-order valence-electron chi connectivity index (χ4n) is 4.42. The van der Waals surface area contributed by atoms with Gasteiger partial charge in [-0.15, -0.1) is 0 Å². The van der Waals surface area contributed by atoms with E-state index in [9.17, 15) is 0 Å². The van der Waals surface area contributed by atoms with Crippen LogP contribution in [0.25, 0.3) is 0 Å². The lowest BCUT2D eigenvalue weighted by molar-refractivity contribution is 0.468. The SMILES string of the molecule is CCNCCC12CC(c3ccccc31)c1ccccc12. The molecule has 20 heavy (non-hydrogen) atoms. The minimum atomic E-state index is 0.264. The Morgan fingerprint density at radius 3 is 2.20 bits per heavy atom. The Bertz CT molecular complexity index is 596. The summed E-state index contributed by atoms with van der Waals surface area (Å²) in [4.78, 5) is 0. The summed E-state index contributed by atoms with van der Waals surface area (Å²) in [5.41, 5.74) is 6.58. The van der Waals surface area contributed by atoms with Gasteiger partial charge < -0.3 is 5.32 Å². The molecule has 0 amide bonds. The Morgan fingerprint density at radius 2 is 1.60 bits per heavy atom. The van der Waals surface area contributed by atoms with E-state index in [0.29, 0.717) is 5.92 Å². The standard InChI is InChI=1S/C19H21N/c1-2-20-12-11-19-13-16(14-7-3-5-9-17(14)19)15-8-4-6-10-18(15)19/h3-10,16,20H,2,11-13H2,1H3. The van der Waals surface area contributed by atoms with Crippen LogP contribution in [0.5, 0.6) is 0 Å². The molecule has 4 rings (SSSR count). The largest absolute Gasteiger partial charge is 0.317 e. The van der Waals surface area contributed by atoms with Crippen molar-refractivity contribution >= 4 is 0 Å². The maximum atomic E-state index is 3.51. The number of hydrogen-bond acceptors (Lipinski definition) is 1. The molecule has 0 aromatic heterocycles. The summed E-state index contributed by atoms with van der Waals surface area (Å²) >= 11 is 0. The van der Waals surface area contributed by atoms with E-state index in [1.54, 1.807) is 22.3 Å². The number of rotatable bonds is 4. The van der Waals surface area contributed by atoms with Gasteiger partial charge in [-0.2, -0.15) is 0 Å². The second-order valence-corrected chi connectivity index (χ2v) is 6.12. The molecular weight excluding hydrogens is 242 g/mol. The molecule has 0 atom stereocenters. The molecule has 1 N–H and O–H groups in total. The van der Waals surface area contributed by atoms with Crippen LogP contribution in [0.1, 0.15) is 47.9 Å². The van der Waals surface area contributed by atoms with Crippen LogP contribution in [0.2, 0.25) is 0 Å². The predicted molar refractivity (Wildman–Crippen MR) is 83.3 cm³/mol. The summed E-state index contributed by atoms with van der Waals surface area (Å²) in [6.45, 7) is 4.35. The van der Waals surface area contributed by atoms with E-state index in [1.807, 2.05) is 0 Å². The summed E-state index contributed by atoms with van der Waals surface area (Å²) in [5, 5.41) is 3.51. The van der Waals surface area contributed by atoms with Crippen LogP contribution in [0.15, 0.2) is 48.5 Å². The summed E-state index contributed by atoms with van der Waals surface area (Å²) in [5.74, 6) is 0.629. The lowest BCUT2D eigenvalue weighted by atomic mass is 9.73. The van der Waals surface area contributed by atoms with Gasteiger partial charge in [0, 0.05) is 11.3 Å². The third kappa shape index (κ3) is 1.47. The lowest BCUT2D eigenvalue weighted by Gasteiger charge is -2.31. The van der Waals surface area contributed by atoms with E-state index in [2.05, 4.69) is 60.8 Å². The normalized spacial score (nSPS) is 25.6. The summed E-state index contributed by atoms with van der Waals surface area (Å²) in [6, 6.07) is 18.2. The maximum Gasteiger partial charge on any atom is 0.0229 e. The van der Waals surface area contributed by atoms with Gasteiger partial charge in [0.05, 0.1) is 0 Å². The van der Waals surface area contributed by atoms with Crippen LogP contribution >= 0.6 is 0 Å². The van der Waals surface area contributed by atoms with Crippen molar-refractivity contribution in [2.24, 2.45) is 0 Å². The number of benzene rings is 2. The smallest absolute Gasteiger partial charge is 0.0229 e. The Hall–Kier alpha value is -1.60. The van der Waals surface area contributed by atoms with Gasteiger partial charge in [0.15, 0.2) is 0 Å². The molecule has 2 aromatic carbocycles. The van der Waals surface area contributed by atoms with Crippen molar-refractivity contribution in [3.63, 3.8) is 0 Å². The van der Waals surface area contributed by atoms with Crippen molar-refractivity contribution in [1.82, 2.24) is 5.32 Å². The van der Waals surface area contributed by atoms with Crippen LogP contribution in [-0.2, 0) is 5.41 Å². The molecule has 102 valence electrons. The molecule has 2 bridgehead atoms. The fraction of sp³-hybridized carbons (Fsp3) is 0.368. The summed E-state index contributed by atoms with van der Waals surface area (Å²) in [6.07, 6.45) is 2.49. The Labute approximate surface area is 121 Å². The molecule has 0 aliphatic heterocycles. The van der Waals surface area contributed by atoms with Gasteiger partial charge in [0.2, 0.25) is 0 Å². The molecule has 0 radical (unpaired) electrons. The van der Waals surface area contributed by atoms with Crippen molar-refractivity contribution in [2.45, 2.75) is 31.1 Å². The minimum Gasteiger partial charge on any atom is -0.317 e. The lowest BCUT2D eigenvalue weighted by Crippen LogP contribution is -2.29. The van der Waals surface area contributed by atoms with Crippen molar-refractivity contribution in [3.05, 3.63) is 70.8 Å². The first-order chi connectivity index (χ1) is 9.87. The van der Waals surface area contributed by atoms with E-state index >= 15 is 0 Å². The van der Waals surface area contributed by atoms with Gasteiger partial charge in [-0.25, -0.2) is 0 Å². The van der Waals surface area contributed by atoms with Gasteiger partial charge in [0.1, 0.15) is 0 Å². The van der Waals surface area contributed by atoms with Crippen LogP contribution < -0.4 is 5.32 Å². The molecule has 2 aliphatic rings. The molecule has 1 heteroatoms. The predicted octanol–water partition coefficient (Wildman–Crippen LogP) is 3.82.